The van der Waals surface area contributed by atoms with Crippen molar-refractivity contribution in [2.45, 2.75) is 31.5 Å². The number of aryl methyl sites for hydroxylation is 1. The molecule has 2 atom stereocenters. The molecule has 5 rings (SSSR count). The second-order valence-electron chi connectivity index (χ2n) is 8.17. The lowest BCUT2D eigenvalue weighted by Gasteiger charge is -2.50. The molecule has 32 heavy (non-hydrogen) atoms. The van der Waals surface area contributed by atoms with E-state index in [2.05, 4.69) is 0 Å². The molecule has 1 amide bonds. The number of fused-ring (bicyclic) bond motifs is 4. The first-order chi connectivity index (χ1) is 15.4. The predicted molar refractivity (Wildman–Crippen MR) is 114 cm³/mol. The maximum absolute atomic E-state index is 14.5. The van der Waals surface area contributed by atoms with E-state index in [1.54, 1.807) is 7.05 Å². The molecule has 3 aromatic rings. The van der Waals surface area contributed by atoms with Crippen LogP contribution in [-0.2, 0) is 6.42 Å². The van der Waals surface area contributed by atoms with Crippen LogP contribution in [0.15, 0.2) is 59.5 Å². The number of aromatic nitrogens is 1. The number of aromatic hydroxyl groups is 1. The summed E-state index contributed by atoms with van der Waals surface area (Å²) in [6, 6.07) is 12.4. The van der Waals surface area contributed by atoms with E-state index in [0.29, 0.717) is 30.4 Å². The number of hydrogen-bond donors (Lipinski definition) is 1. The van der Waals surface area contributed by atoms with Crippen LogP contribution in [0.3, 0.4) is 0 Å². The lowest BCUT2D eigenvalue weighted by Crippen LogP contribution is -2.61. The predicted octanol–water partition coefficient (Wildman–Crippen LogP) is 3.31. The first-order valence-electron chi connectivity index (χ1n) is 10.4. The Morgan fingerprint density at radius 1 is 1.03 bits per heavy atom. The summed E-state index contributed by atoms with van der Waals surface area (Å²) in [6.07, 6.45) is 2.76. The Labute approximate surface area is 182 Å². The van der Waals surface area contributed by atoms with Gasteiger partial charge in [0.15, 0.2) is 23.1 Å². The average Bonchev–Trinajstić information content (AvgIpc) is 2.78. The van der Waals surface area contributed by atoms with Gasteiger partial charge in [0.1, 0.15) is 6.17 Å². The smallest absolute Gasteiger partial charge is 0.277 e. The minimum absolute atomic E-state index is 0.151. The summed E-state index contributed by atoms with van der Waals surface area (Å²) in [5, 5.41) is 12.3. The van der Waals surface area contributed by atoms with Crippen molar-refractivity contribution >= 4 is 5.91 Å². The number of nitrogens with zero attached hydrogens (tertiary/aromatic N) is 3. The Kier molecular flexibility index (Phi) is 4.73. The fourth-order valence-corrected chi connectivity index (χ4v) is 4.81. The zero-order valence-corrected chi connectivity index (χ0v) is 17.3. The molecular formula is C24H21F2N3O3. The molecule has 0 unspecified atom stereocenters. The molecule has 0 saturated heterocycles. The lowest BCUT2D eigenvalue weighted by atomic mass is 9.88. The molecule has 1 aromatic heterocycles. The van der Waals surface area contributed by atoms with Gasteiger partial charge >= 0.3 is 0 Å². The van der Waals surface area contributed by atoms with Crippen LogP contribution >= 0.6 is 0 Å². The third-order valence-electron chi connectivity index (χ3n) is 6.34. The molecule has 2 aliphatic rings. The summed E-state index contributed by atoms with van der Waals surface area (Å²) in [6.45, 7) is 0. The Bertz CT molecular complexity index is 1280. The van der Waals surface area contributed by atoms with Crippen LogP contribution in [0.2, 0.25) is 0 Å². The van der Waals surface area contributed by atoms with Gasteiger partial charge in [-0.1, -0.05) is 30.3 Å². The number of amides is 1. The van der Waals surface area contributed by atoms with Gasteiger partial charge < -0.3 is 10.0 Å². The third-order valence-corrected chi connectivity index (χ3v) is 6.34. The standard InChI is InChI=1S/C24H21F2N3O3/c1-27-20-9-5-8-15-12-17(25)18(26)13-16(15)21(14-6-3-2-4-7-14)29(20)28-11-10-19(30)23(31)22(28)24(27)32/h2-4,6-7,10-13,20-21,31H,5,8-9H2,1H3/t20-,21+/m0/s1. The molecule has 0 radical (unpaired) electrons. The summed E-state index contributed by atoms with van der Waals surface area (Å²) in [4.78, 5) is 26.7. The van der Waals surface area contributed by atoms with E-state index >= 15 is 0 Å². The van der Waals surface area contributed by atoms with Gasteiger partial charge in [0.25, 0.3) is 5.91 Å². The van der Waals surface area contributed by atoms with Crippen molar-refractivity contribution in [2.24, 2.45) is 0 Å². The fraction of sp³-hybridized carbons (Fsp3) is 0.250. The summed E-state index contributed by atoms with van der Waals surface area (Å²) < 4.78 is 30.1. The summed E-state index contributed by atoms with van der Waals surface area (Å²) in [5.41, 5.74) is 1.25. The third kappa shape index (κ3) is 2.97. The minimum atomic E-state index is -0.953. The topological polar surface area (TPSA) is 65.8 Å². The molecule has 0 spiro atoms. The van der Waals surface area contributed by atoms with Gasteiger partial charge in [0, 0.05) is 19.3 Å². The van der Waals surface area contributed by atoms with Crippen LogP contribution in [0.5, 0.6) is 5.75 Å². The van der Waals surface area contributed by atoms with Crippen molar-refractivity contribution in [1.29, 1.82) is 0 Å². The van der Waals surface area contributed by atoms with Crippen LogP contribution < -0.4 is 10.4 Å². The van der Waals surface area contributed by atoms with E-state index in [4.69, 9.17) is 0 Å². The number of hydrogen-bond acceptors (Lipinski definition) is 4. The molecule has 1 N–H and O–H groups in total. The second-order valence-corrected chi connectivity index (χ2v) is 8.17. The number of benzene rings is 2. The van der Waals surface area contributed by atoms with Crippen molar-refractivity contribution in [3.8, 4) is 5.75 Å². The molecule has 3 heterocycles. The fourth-order valence-electron chi connectivity index (χ4n) is 4.81. The van der Waals surface area contributed by atoms with E-state index in [-0.39, 0.29) is 5.69 Å². The zero-order valence-electron chi connectivity index (χ0n) is 17.3. The second kappa shape index (κ2) is 7.47. The lowest BCUT2D eigenvalue weighted by molar-refractivity contribution is 0.0600. The highest BCUT2D eigenvalue weighted by atomic mass is 19.2. The van der Waals surface area contributed by atoms with E-state index in [0.717, 1.165) is 5.56 Å². The molecule has 0 saturated carbocycles. The summed E-state index contributed by atoms with van der Waals surface area (Å²) >= 11 is 0. The molecular weight excluding hydrogens is 416 g/mol. The van der Waals surface area contributed by atoms with Crippen molar-refractivity contribution in [3.63, 3.8) is 0 Å². The van der Waals surface area contributed by atoms with Gasteiger partial charge in [-0.05, 0) is 48.1 Å². The summed E-state index contributed by atoms with van der Waals surface area (Å²) in [5.74, 6) is -2.96. The number of rotatable bonds is 1. The quantitative estimate of drug-likeness (QED) is 0.635. The maximum Gasteiger partial charge on any atom is 0.277 e. The normalized spacial score (nSPS) is 20.2. The molecule has 8 heteroatoms. The Morgan fingerprint density at radius 3 is 2.50 bits per heavy atom. The highest BCUT2D eigenvalue weighted by molar-refractivity contribution is 5.96. The Balaban J connectivity index is 1.84. The molecule has 2 aliphatic heterocycles. The van der Waals surface area contributed by atoms with Crippen molar-refractivity contribution in [1.82, 2.24) is 9.58 Å². The largest absolute Gasteiger partial charge is 0.502 e. The van der Waals surface area contributed by atoms with E-state index < -0.39 is 40.9 Å². The molecule has 0 fully saturated rings. The molecule has 2 aromatic carbocycles. The monoisotopic (exact) mass is 437 g/mol. The number of pyridine rings is 1. The minimum Gasteiger partial charge on any atom is -0.502 e. The molecule has 164 valence electrons. The van der Waals surface area contributed by atoms with Crippen molar-refractivity contribution in [3.05, 3.63) is 99.0 Å². The van der Waals surface area contributed by atoms with Crippen LogP contribution in [-0.4, -0.2) is 33.8 Å². The Morgan fingerprint density at radius 2 is 1.75 bits per heavy atom. The first-order valence-corrected chi connectivity index (χ1v) is 10.4. The van der Waals surface area contributed by atoms with Gasteiger partial charge in [-0.25, -0.2) is 8.78 Å². The number of carbonyl (C=O) groups excluding carboxylic acids is 1. The van der Waals surface area contributed by atoms with Crippen LogP contribution in [0, 0.1) is 11.6 Å². The first kappa shape index (κ1) is 20.2. The molecule has 0 bridgehead atoms. The molecule has 0 aliphatic carbocycles. The highest BCUT2D eigenvalue weighted by Gasteiger charge is 2.42. The van der Waals surface area contributed by atoms with E-state index in [1.165, 1.54) is 34.0 Å². The highest BCUT2D eigenvalue weighted by Crippen LogP contribution is 2.39. The van der Waals surface area contributed by atoms with Crippen LogP contribution in [0.4, 0.5) is 8.78 Å². The van der Waals surface area contributed by atoms with Gasteiger partial charge in [0.05, 0.1) is 6.04 Å². The maximum atomic E-state index is 14.5. The van der Waals surface area contributed by atoms with Crippen LogP contribution in [0.25, 0.3) is 0 Å². The number of halogens is 2. The molecule has 6 nitrogen and oxygen atoms in total. The van der Waals surface area contributed by atoms with Crippen molar-refractivity contribution < 1.29 is 18.7 Å². The van der Waals surface area contributed by atoms with Crippen molar-refractivity contribution in [2.75, 3.05) is 12.1 Å². The SMILES string of the molecule is CN1C(=O)c2c(O)c(=O)ccn2N2[C@H](c3ccccc3)c3cc(F)c(F)cc3CCC[C@@H]12. The number of carbonyl (C=O) groups is 1. The van der Waals surface area contributed by atoms with Gasteiger partial charge in [-0.15, -0.1) is 0 Å². The van der Waals surface area contributed by atoms with E-state index in [1.807, 2.05) is 35.3 Å². The van der Waals surface area contributed by atoms with Gasteiger partial charge in [0.2, 0.25) is 5.43 Å². The zero-order chi connectivity index (χ0) is 22.6. The summed E-state index contributed by atoms with van der Waals surface area (Å²) in [7, 11) is 1.62. The van der Waals surface area contributed by atoms with E-state index in [9.17, 15) is 23.5 Å². The van der Waals surface area contributed by atoms with Gasteiger partial charge in [-0.3, -0.25) is 19.3 Å². The average molecular weight is 437 g/mol. The van der Waals surface area contributed by atoms with Crippen LogP contribution in [0.1, 0.15) is 46.1 Å². The Hall–Kier alpha value is -3.68. The van der Waals surface area contributed by atoms with Gasteiger partial charge in [-0.2, -0.15) is 0 Å².